The second-order valence-electron chi connectivity index (χ2n) is 5.28. The quantitative estimate of drug-likeness (QED) is 0.930. The highest BCUT2D eigenvalue weighted by atomic mass is 16.5. The number of hydrogen-bond donors (Lipinski definition) is 1. The number of nitrogen functional groups attached to an aromatic ring is 1. The second-order valence-corrected chi connectivity index (χ2v) is 5.28. The number of aromatic nitrogens is 1. The Morgan fingerprint density at radius 1 is 1.45 bits per heavy atom. The van der Waals surface area contributed by atoms with Crippen LogP contribution in [0.25, 0.3) is 11.1 Å². The number of hydrogen-bond acceptors (Lipinski definition) is 5. The molecule has 0 aliphatic carbocycles. The minimum Gasteiger partial charge on any atom is -0.489 e. The summed E-state index contributed by atoms with van der Waals surface area (Å²) in [5.41, 5.74) is 7.51. The molecule has 0 saturated carbocycles. The van der Waals surface area contributed by atoms with E-state index >= 15 is 0 Å². The minimum atomic E-state index is 0.254. The van der Waals surface area contributed by atoms with E-state index in [0.717, 1.165) is 36.4 Å². The first-order valence-electron chi connectivity index (χ1n) is 6.88. The van der Waals surface area contributed by atoms with Crippen molar-refractivity contribution in [2.75, 3.05) is 25.9 Å². The molecule has 1 aliphatic rings. The summed E-state index contributed by atoms with van der Waals surface area (Å²) >= 11 is 0. The number of ether oxygens (including phenoxy) is 1. The molecule has 2 N–H and O–H groups in total. The van der Waals surface area contributed by atoms with Gasteiger partial charge in [-0.15, -0.1) is 0 Å². The third-order valence-corrected chi connectivity index (χ3v) is 3.63. The first kappa shape index (κ1) is 13.0. The number of rotatable bonds is 3. The van der Waals surface area contributed by atoms with Crippen molar-refractivity contribution in [3.63, 3.8) is 0 Å². The van der Waals surface area contributed by atoms with Gasteiger partial charge in [-0.25, -0.2) is 0 Å². The number of nitrogens with zero attached hydrogens (tertiary/aromatic N) is 2. The Hall–Kier alpha value is -2.01. The molecule has 5 heteroatoms. The maximum absolute atomic E-state index is 6.07. The summed E-state index contributed by atoms with van der Waals surface area (Å²) in [4.78, 5) is 2.30. The Balaban J connectivity index is 1.76. The standard InChI is InChI=1S/C15H19N3O2/c1-18-7-3-6-13(10-18)19-12-5-2-4-11(8-12)14-9-17-20-15(14)16/h2,4-5,8-9,13H,3,6-7,10,16H2,1H3. The van der Waals surface area contributed by atoms with Crippen molar-refractivity contribution in [1.29, 1.82) is 0 Å². The average molecular weight is 273 g/mol. The molecule has 1 atom stereocenters. The van der Waals surface area contributed by atoms with Crippen molar-refractivity contribution in [1.82, 2.24) is 10.1 Å². The largest absolute Gasteiger partial charge is 0.489 e. The molecule has 1 unspecified atom stereocenters. The van der Waals surface area contributed by atoms with E-state index in [9.17, 15) is 0 Å². The van der Waals surface area contributed by atoms with Crippen LogP contribution in [0.1, 0.15) is 12.8 Å². The Morgan fingerprint density at radius 3 is 3.10 bits per heavy atom. The van der Waals surface area contributed by atoms with Crippen molar-refractivity contribution in [3.8, 4) is 16.9 Å². The van der Waals surface area contributed by atoms with E-state index < -0.39 is 0 Å². The molecule has 106 valence electrons. The van der Waals surface area contributed by atoms with Gasteiger partial charge in [0.05, 0.1) is 11.8 Å². The summed E-state index contributed by atoms with van der Waals surface area (Å²) in [5.74, 6) is 1.20. The van der Waals surface area contributed by atoms with Gasteiger partial charge in [-0.05, 0) is 44.1 Å². The van der Waals surface area contributed by atoms with Crippen molar-refractivity contribution in [3.05, 3.63) is 30.5 Å². The average Bonchev–Trinajstić information content (AvgIpc) is 2.85. The molecule has 0 radical (unpaired) electrons. The molecule has 0 bridgehead atoms. The van der Waals surface area contributed by atoms with Crippen LogP contribution in [0.2, 0.25) is 0 Å². The lowest BCUT2D eigenvalue weighted by Crippen LogP contribution is -2.38. The van der Waals surface area contributed by atoms with Gasteiger partial charge in [0.2, 0.25) is 5.88 Å². The normalized spacial score (nSPS) is 19.9. The molecule has 3 rings (SSSR count). The molecule has 0 spiro atoms. The highest BCUT2D eigenvalue weighted by Crippen LogP contribution is 2.29. The van der Waals surface area contributed by atoms with Gasteiger partial charge in [-0.3, -0.25) is 0 Å². The molecule has 1 aromatic carbocycles. The van der Waals surface area contributed by atoms with Crippen LogP contribution in [0.4, 0.5) is 5.88 Å². The topological polar surface area (TPSA) is 64.5 Å². The van der Waals surface area contributed by atoms with E-state index in [0.29, 0.717) is 5.88 Å². The summed E-state index contributed by atoms with van der Waals surface area (Å²) in [6.07, 6.45) is 4.16. The summed E-state index contributed by atoms with van der Waals surface area (Å²) in [6.45, 7) is 2.12. The Kier molecular flexibility index (Phi) is 3.60. The molecule has 1 fully saturated rings. The van der Waals surface area contributed by atoms with Gasteiger partial charge in [0.25, 0.3) is 0 Å². The summed E-state index contributed by atoms with van der Waals surface area (Å²) < 4.78 is 11.0. The number of piperidine rings is 1. The van der Waals surface area contributed by atoms with Crippen LogP contribution in [0.5, 0.6) is 5.75 Å². The predicted molar refractivity (Wildman–Crippen MR) is 77.5 cm³/mol. The van der Waals surface area contributed by atoms with Gasteiger partial charge in [-0.2, -0.15) is 0 Å². The van der Waals surface area contributed by atoms with E-state index in [-0.39, 0.29) is 6.10 Å². The molecule has 2 heterocycles. The van der Waals surface area contributed by atoms with Crippen molar-refractivity contribution >= 4 is 5.88 Å². The van der Waals surface area contributed by atoms with E-state index in [1.165, 1.54) is 6.42 Å². The molecule has 1 saturated heterocycles. The summed E-state index contributed by atoms with van der Waals surface area (Å²) in [5, 5.41) is 3.71. The Labute approximate surface area is 118 Å². The maximum Gasteiger partial charge on any atom is 0.229 e. The zero-order chi connectivity index (χ0) is 13.9. The van der Waals surface area contributed by atoms with E-state index in [1.54, 1.807) is 6.20 Å². The Bertz CT molecular complexity index is 582. The minimum absolute atomic E-state index is 0.254. The molecular formula is C15H19N3O2. The van der Waals surface area contributed by atoms with Gasteiger partial charge in [0, 0.05) is 6.54 Å². The smallest absolute Gasteiger partial charge is 0.229 e. The lowest BCUT2D eigenvalue weighted by atomic mass is 10.1. The maximum atomic E-state index is 6.07. The zero-order valence-electron chi connectivity index (χ0n) is 11.6. The highest BCUT2D eigenvalue weighted by Gasteiger charge is 2.18. The third-order valence-electron chi connectivity index (χ3n) is 3.63. The molecule has 2 aromatic rings. The van der Waals surface area contributed by atoms with Crippen LogP contribution in [0, 0.1) is 0 Å². The fraction of sp³-hybridized carbons (Fsp3) is 0.400. The van der Waals surface area contributed by atoms with E-state index in [1.807, 2.05) is 24.3 Å². The lowest BCUT2D eigenvalue weighted by molar-refractivity contribution is 0.104. The SMILES string of the molecule is CN1CCCC(Oc2cccc(-c3cnoc3N)c2)C1. The number of anilines is 1. The molecule has 1 aromatic heterocycles. The monoisotopic (exact) mass is 273 g/mol. The fourth-order valence-electron chi connectivity index (χ4n) is 2.61. The van der Waals surface area contributed by atoms with Gasteiger partial charge in [0.1, 0.15) is 11.9 Å². The van der Waals surface area contributed by atoms with E-state index in [4.69, 9.17) is 15.0 Å². The third kappa shape index (κ3) is 2.77. The van der Waals surface area contributed by atoms with Gasteiger partial charge in [-0.1, -0.05) is 17.3 Å². The second kappa shape index (κ2) is 5.54. The van der Waals surface area contributed by atoms with Crippen molar-refractivity contribution in [2.45, 2.75) is 18.9 Å². The molecule has 20 heavy (non-hydrogen) atoms. The number of likely N-dealkylation sites (tertiary alicyclic amines) is 1. The summed E-state index contributed by atoms with van der Waals surface area (Å²) in [6, 6.07) is 7.89. The van der Waals surface area contributed by atoms with Crippen LogP contribution in [-0.4, -0.2) is 36.3 Å². The number of likely N-dealkylation sites (N-methyl/N-ethyl adjacent to an activating group) is 1. The molecule has 1 aliphatic heterocycles. The highest BCUT2D eigenvalue weighted by molar-refractivity contribution is 5.72. The first-order valence-corrected chi connectivity index (χ1v) is 6.88. The van der Waals surface area contributed by atoms with Crippen LogP contribution < -0.4 is 10.5 Å². The van der Waals surface area contributed by atoms with Crippen LogP contribution in [0.3, 0.4) is 0 Å². The fourth-order valence-corrected chi connectivity index (χ4v) is 2.61. The molecule has 5 nitrogen and oxygen atoms in total. The van der Waals surface area contributed by atoms with Crippen LogP contribution in [0.15, 0.2) is 35.0 Å². The predicted octanol–water partition coefficient (Wildman–Crippen LogP) is 2.40. The number of benzene rings is 1. The molecule has 0 amide bonds. The van der Waals surface area contributed by atoms with Crippen molar-refractivity contribution in [2.24, 2.45) is 0 Å². The summed E-state index contributed by atoms with van der Waals surface area (Å²) in [7, 11) is 2.13. The lowest BCUT2D eigenvalue weighted by Gasteiger charge is -2.30. The van der Waals surface area contributed by atoms with Crippen LogP contribution in [-0.2, 0) is 0 Å². The number of nitrogens with two attached hydrogens (primary N) is 1. The van der Waals surface area contributed by atoms with E-state index in [2.05, 4.69) is 17.1 Å². The molecular weight excluding hydrogens is 254 g/mol. The zero-order valence-corrected chi connectivity index (χ0v) is 11.6. The first-order chi connectivity index (χ1) is 9.72. The van der Waals surface area contributed by atoms with Crippen LogP contribution >= 0.6 is 0 Å². The van der Waals surface area contributed by atoms with Gasteiger partial charge < -0.3 is 19.9 Å². The van der Waals surface area contributed by atoms with Gasteiger partial charge >= 0.3 is 0 Å². The van der Waals surface area contributed by atoms with Gasteiger partial charge in [0.15, 0.2) is 0 Å². The Morgan fingerprint density at radius 2 is 2.35 bits per heavy atom. The van der Waals surface area contributed by atoms with Crippen molar-refractivity contribution < 1.29 is 9.26 Å².